The fraction of sp³-hybridized carbons (Fsp3) is 0.600. The van der Waals surface area contributed by atoms with Gasteiger partial charge in [0.2, 0.25) is 5.91 Å². The van der Waals surface area contributed by atoms with Gasteiger partial charge >= 0.3 is 0 Å². The van der Waals surface area contributed by atoms with Crippen LogP contribution in [-0.4, -0.2) is 27.2 Å². The summed E-state index contributed by atoms with van der Waals surface area (Å²) in [4.78, 5) is 16.2. The number of nitrogens with one attached hydrogen (secondary N) is 1. The van der Waals surface area contributed by atoms with Gasteiger partial charge in [-0.1, -0.05) is 23.2 Å². The first-order valence-corrected chi connectivity index (χ1v) is 7.87. The molecule has 0 aliphatic heterocycles. The quantitative estimate of drug-likeness (QED) is 0.910. The van der Waals surface area contributed by atoms with E-state index >= 15 is 0 Å². The van der Waals surface area contributed by atoms with E-state index in [1.807, 2.05) is 6.07 Å². The number of carbonyl (C=O) groups excluding carboxylic acids is 1. The van der Waals surface area contributed by atoms with Crippen LogP contribution in [0.2, 0.25) is 0 Å². The lowest BCUT2D eigenvalue weighted by Gasteiger charge is -2.10. The van der Waals surface area contributed by atoms with Gasteiger partial charge in [0.25, 0.3) is 5.89 Å². The van der Waals surface area contributed by atoms with Gasteiger partial charge in [-0.15, -0.1) is 0 Å². The lowest BCUT2D eigenvalue weighted by Crippen LogP contribution is -2.33. The van der Waals surface area contributed by atoms with Crippen LogP contribution in [0.15, 0.2) is 15.1 Å². The van der Waals surface area contributed by atoms with Crippen molar-refractivity contribution in [3.05, 3.63) is 17.7 Å². The number of nitrogens with zero attached hydrogens (tertiary/aromatic N) is 3. The maximum Gasteiger partial charge on any atom is 0.280 e. The summed E-state index contributed by atoms with van der Waals surface area (Å²) in [6, 6.07) is 2.14. The second-order valence-corrected chi connectivity index (χ2v) is 6.13. The molecule has 0 radical (unpaired) electrons. The molecule has 7 nitrogen and oxygen atoms in total. The molecule has 22 heavy (non-hydrogen) atoms. The van der Waals surface area contributed by atoms with Crippen LogP contribution in [0.4, 0.5) is 0 Å². The van der Waals surface area contributed by atoms with E-state index in [9.17, 15) is 4.79 Å². The molecular weight excluding hydrogens is 284 g/mol. The van der Waals surface area contributed by atoms with Crippen molar-refractivity contribution < 1.29 is 13.8 Å². The molecule has 0 saturated heterocycles. The number of hydrogen-bond donors (Lipinski definition) is 1. The molecule has 4 rings (SSSR count). The number of aromatic nitrogens is 3. The van der Waals surface area contributed by atoms with E-state index in [-0.39, 0.29) is 12.3 Å². The predicted molar refractivity (Wildman–Crippen MR) is 75.9 cm³/mol. The topological polar surface area (TPSA) is 94.0 Å². The van der Waals surface area contributed by atoms with Gasteiger partial charge in [0, 0.05) is 18.0 Å². The molecule has 2 heterocycles. The van der Waals surface area contributed by atoms with Crippen molar-refractivity contribution >= 4 is 5.91 Å². The van der Waals surface area contributed by atoms with Crippen LogP contribution < -0.4 is 5.32 Å². The third-order valence-electron chi connectivity index (χ3n) is 4.23. The molecule has 1 amide bonds. The fourth-order valence-corrected chi connectivity index (χ4v) is 2.87. The van der Waals surface area contributed by atoms with Crippen LogP contribution in [0.1, 0.15) is 56.0 Å². The zero-order valence-corrected chi connectivity index (χ0v) is 12.2. The Kier molecular flexibility index (Phi) is 3.40. The van der Waals surface area contributed by atoms with E-state index < -0.39 is 0 Å². The third kappa shape index (κ3) is 2.88. The first kappa shape index (κ1) is 13.5. The van der Waals surface area contributed by atoms with Gasteiger partial charge in [0.1, 0.15) is 5.76 Å². The molecule has 116 valence electrons. The lowest BCUT2D eigenvalue weighted by atomic mass is 10.2. The largest absolute Gasteiger partial charge is 0.360 e. The second-order valence-electron chi connectivity index (χ2n) is 6.13. The molecule has 2 aliphatic carbocycles. The van der Waals surface area contributed by atoms with E-state index in [2.05, 4.69) is 20.6 Å². The van der Waals surface area contributed by atoms with Gasteiger partial charge in [0.05, 0.1) is 6.42 Å². The monoisotopic (exact) mass is 302 g/mol. The smallest absolute Gasteiger partial charge is 0.280 e. The standard InChI is InChI=1S/C15H18N4O3/c20-14(16-10-3-1-2-4-10)8-13-17-15(22-19-13)11-7-12(21-18-11)9-5-6-9/h7,9-10H,1-6,8H2,(H,16,20). The number of hydrogen-bond acceptors (Lipinski definition) is 6. The molecule has 0 aromatic carbocycles. The zero-order valence-electron chi connectivity index (χ0n) is 12.2. The van der Waals surface area contributed by atoms with E-state index in [1.165, 1.54) is 12.8 Å². The highest BCUT2D eigenvalue weighted by atomic mass is 16.5. The lowest BCUT2D eigenvalue weighted by molar-refractivity contribution is -0.121. The van der Waals surface area contributed by atoms with E-state index in [0.29, 0.717) is 29.4 Å². The van der Waals surface area contributed by atoms with Crippen LogP contribution in [-0.2, 0) is 11.2 Å². The average molecular weight is 302 g/mol. The average Bonchev–Trinajstić information content (AvgIpc) is 2.95. The number of carbonyl (C=O) groups is 1. The first-order chi connectivity index (χ1) is 10.8. The summed E-state index contributed by atoms with van der Waals surface area (Å²) in [5, 5.41) is 10.8. The van der Waals surface area contributed by atoms with Crippen molar-refractivity contribution in [1.82, 2.24) is 20.6 Å². The second kappa shape index (κ2) is 5.55. The fourth-order valence-electron chi connectivity index (χ4n) is 2.87. The Bertz CT molecular complexity index is 668. The minimum atomic E-state index is -0.0573. The Morgan fingerprint density at radius 2 is 2.00 bits per heavy atom. The molecule has 2 fully saturated rings. The van der Waals surface area contributed by atoms with Crippen molar-refractivity contribution in [2.45, 2.75) is 56.9 Å². The minimum absolute atomic E-state index is 0.0573. The van der Waals surface area contributed by atoms with Gasteiger partial charge in [-0.25, -0.2) is 0 Å². The Morgan fingerprint density at radius 1 is 1.18 bits per heavy atom. The van der Waals surface area contributed by atoms with Gasteiger partial charge in [-0.3, -0.25) is 4.79 Å². The predicted octanol–water partition coefficient (Wildman–Crippen LogP) is 2.20. The molecular formula is C15H18N4O3. The van der Waals surface area contributed by atoms with Crippen LogP contribution in [0, 0.1) is 0 Å². The van der Waals surface area contributed by atoms with Crippen molar-refractivity contribution in [3.8, 4) is 11.6 Å². The Hall–Kier alpha value is -2.18. The maximum atomic E-state index is 11.9. The molecule has 0 spiro atoms. The molecule has 2 aromatic heterocycles. The summed E-state index contributed by atoms with van der Waals surface area (Å²) < 4.78 is 10.4. The minimum Gasteiger partial charge on any atom is -0.360 e. The summed E-state index contributed by atoms with van der Waals surface area (Å²) in [5.74, 6) is 1.98. The van der Waals surface area contributed by atoms with Gasteiger partial charge in [-0.05, 0) is 25.7 Å². The SMILES string of the molecule is O=C(Cc1noc(-c2cc(C3CC3)on2)n1)NC1CCCC1. The van der Waals surface area contributed by atoms with Crippen molar-refractivity contribution in [1.29, 1.82) is 0 Å². The van der Waals surface area contributed by atoms with Gasteiger partial charge in [0.15, 0.2) is 11.5 Å². The summed E-state index contributed by atoms with van der Waals surface area (Å²) in [6.07, 6.45) is 6.92. The highest BCUT2D eigenvalue weighted by Crippen LogP contribution is 2.41. The molecule has 0 unspecified atom stereocenters. The first-order valence-electron chi connectivity index (χ1n) is 7.87. The summed E-state index contributed by atoms with van der Waals surface area (Å²) in [6.45, 7) is 0. The number of amides is 1. The molecule has 2 aromatic rings. The van der Waals surface area contributed by atoms with Crippen molar-refractivity contribution in [3.63, 3.8) is 0 Å². The molecule has 1 N–H and O–H groups in total. The zero-order chi connectivity index (χ0) is 14.9. The Balaban J connectivity index is 1.38. The van der Waals surface area contributed by atoms with Crippen LogP contribution in [0.25, 0.3) is 11.6 Å². The third-order valence-corrected chi connectivity index (χ3v) is 4.23. The van der Waals surface area contributed by atoms with Crippen molar-refractivity contribution in [2.24, 2.45) is 0 Å². The molecule has 7 heteroatoms. The highest BCUT2D eigenvalue weighted by Gasteiger charge is 2.29. The Labute approximate surface area is 127 Å². The Morgan fingerprint density at radius 3 is 2.77 bits per heavy atom. The molecule has 2 aliphatic rings. The number of rotatable bonds is 5. The molecule has 2 saturated carbocycles. The van der Waals surface area contributed by atoms with E-state index in [4.69, 9.17) is 9.05 Å². The highest BCUT2D eigenvalue weighted by molar-refractivity contribution is 5.78. The molecule has 0 atom stereocenters. The summed E-state index contributed by atoms with van der Waals surface area (Å²) in [5.41, 5.74) is 0.539. The normalized spacial score (nSPS) is 18.7. The molecule has 0 bridgehead atoms. The maximum absolute atomic E-state index is 11.9. The summed E-state index contributed by atoms with van der Waals surface area (Å²) in [7, 11) is 0. The van der Waals surface area contributed by atoms with Gasteiger partial charge < -0.3 is 14.4 Å². The van der Waals surface area contributed by atoms with Crippen LogP contribution in [0.3, 0.4) is 0 Å². The van der Waals surface area contributed by atoms with E-state index in [1.54, 1.807) is 0 Å². The van der Waals surface area contributed by atoms with Gasteiger partial charge in [-0.2, -0.15) is 4.98 Å². The van der Waals surface area contributed by atoms with E-state index in [0.717, 1.165) is 31.4 Å². The summed E-state index contributed by atoms with van der Waals surface area (Å²) >= 11 is 0. The van der Waals surface area contributed by atoms with Crippen LogP contribution in [0.5, 0.6) is 0 Å². The van der Waals surface area contributed by atoms with Crippen molar-refractivity contribution in [2.75, 3.05) is 0 Å². The van der Waals surface area contributed by atoms with Crippen LogP contribution >= 0.6 is 0 Å².